The fraction of sp³-hybridized carbons (Fsp3) is 0.160. The van der Waals surface area contributed by atoms with E-state index in [4.69, 9.17) is 0 Å². The minimum Gasteiger partial charge on any atom is -0.322 e. The van der Waals surface area contributed by atoms with Crippen molar-refractivity contribution >= 4 is 29.1 Å². The van der Waals surface area contributed by atoms with Crippen molar-refractivity contribution in [2.45, 2.75) is 26.2 Å². The van der Waals surface area contributed by atoms with Gasteiger partial charge in [0.15, 0.2) is 0 Å². The lowest BCUT2D eigenvalue weighted by atomic mass is 9.87. The Morgan fingerprint density at radius 3 is 1.53 bits per heavy atom. The smallest absolute Gasteiger partial charge is 0.269 e. The van der Waals surface area contributed by atoms with Gasteiger partial charge in [0.25, 0.3) is 23.4 Å². The molecule has 0 atom stereocenters. The summed E-state index contributed by atoms with van der Waals surface area (Å²) in [6.07, 6.45) is 0. The Balaban J connectivity index is 1.55. The van der Waals surface area contributed by atoms with E-state index in [1.54, 1.807) is 24.3 Å². The second-order valence-corrected chi connectivity index (χ2v) is 8.57. The average molecular weight is 460 g/mol. The number of hydrazine groups is 1. The highest BCUT2D eigenvalue weighted by Gasteiger charge is 2.15. The second kappa shape index (κ2) is 9.95. The van der Waals surface area contributed by atoms with Gasteiger partial charge in [-0.1, -0.05) is 32.9 Å². The van der Waals surface area contributed by atoms with Gasteiger partial charge in [0, 0.05) is 34.5 Å². The molecule has 3 aromatic rings. The van der Waals surface area contributed by atoms with Crippen LogP contribution in [0.2, 0.25) is 0 Å². The minimum absolute atomic E-state index is 0.00721. The van der Waals surface area contributed by atoms with E-state index in [1.165, 1.54) is 36.4 Å². The van der Waals surface area contributed by atoms with Crippen molar-refractivity contribution in [2.75, 3.05) is 5.32 Å². The zero-order valence-electron chi connectivity index (χ0n) is 18.9. The number of anilines is 1. The zero-order chi connectivity index (χ0) is 24.9. The predicted molar refractivity (Wildman–Crippen MR) is 128 cm³/mol. The lowest BCUT2D eigenvalue weighted by molar-refractivity contribution is -0.384. The summed E-state index contributed by atoms with van der Waals surface area (Å²) in [4.78, 5) is 47.0. The van der Waals surface area contributed by atoms with Crippen LogP contribution in [0.4, 0.5) is 11.4 Å². The Kier molecular flexibility index (Phi) is 7.06. The number of non-ortho nitro benzene ring substituents is 1. The summed E-state index contributed by atoms with van der Waals surface area (Å²) in [6, 6.07) is 18.5. The number of nitrogens with one attached hydrogen (secondary N) is 3. The lowest BCUT2D eigenvalue weighted by Gasteiger charge is -2.19. The number of nitrogens with zero attached hydrogens (tertiary/aromatic N) is 1. The van der Waals surface area contributed by atoms with E-state index in [1.807, 2.05) is 12.1 Å². The first-order chi connectivity index (χ1) is 16.0. The first-order valence-corrected chi connectivity index (χ1v) is 10.4. The molecule has 9 nitrogen and oxygen atoms in total. The van der Waals surface area contributed by atoms with Gasteiger partial charge in [0.05, 0.1) is 4.92 Å². The highest BCUT2D eigenvalue weighted by Crippen LogP contribution is 2.22. The van der Waals surface area contributed by atoms with Crippen LogP contribution >= 0.6 is 0 Å². The van der Waals surface area contributed by atoms with E-state index in [2.05, 4.69) is 36.9 Å². The Labute approximate surface area is 196 Å². The van der Waals surface area contributed by atoms with Crippen LogP contribution in [0.5, 0.6) is 0 Å². The van der Waals surface area contributed by atoms with Crippen LogP contribution in [0.15, 0.2) is 72.8 Å². The molecule has 3 amide bonds. The number of carbonyl (C=O) groups excluding carboxylic acids is 3. The van der Waals surface area contributed by atoms with Gasteiger partial charge in [-0.2, -0.15) is 0 Å². The van der Waals surface area contributed by atoms with Crippen molar-refractivity contribution in [3.8, 4) is 0 Å². The minimum atomic E-state index is -0.621. The fourth-order valence-corrected chi connectivity index (χ4v) is 3.02. The van der Waals surface area contributed by atoms with Crippen molar-refractivity contribution < 1.29 is 19.3 Å². The maximum absolute atomic E-state index is 12.5. The number of hydrogen-bond donors (Lipinski definition) is 3. The molecule has 174 valence electrons. The van der Waals surface area contributed by atoms with Gasteiger partial charge >= 0.3 is 0 Å². The highest BCUT2D eigenvalue weighted by molar-refractivity contribution is 6.04. The molecular formula is C25H24N4O5. The largest absolute Gasteiger partial charge is 0.322 e. The monoisotopic (exact) mass is 460 g/mol. The van der Waals surface area contributed by atoms with E-state index in [0.717, 1.165) is 5.56 Å². The second-order valence-electron chi connectivity index (χ2n) is 8.57. The van der Waals surface area contributed by atoms with Crippen molar-refractivity contribution in [3.05, 3.63) is 105 Å². The lowest BCUT2D eigenvalue weighted by Crippen LogP contribution is -2.41. The summed E-state index contributed by atoms with van der Waals surface area (Å²) >= 11 is 0. The number of benzene rings is 3. The van der Waals surface area contributed by atoms with E-state index in [-0.39, 0.29) is 28.1 Å². The van der Waals surface area contributed by atoms with Crippen LogP contribution < -0.4 is 16.2 Å². The van der Waals surface area contributed by atoms with Crippen molar-refractivity contribution in [1.82, 2.24) is 10.9 Å². The number of hydrogen-bond acceptors (Lipinski definition) is 5. The molecule has 0 bridgehead atoms. The molecule has 0 aliphatic rings. The van der Waals surface area contributed by atoms with Gasteiger partial charge in [-0.3, -0.25) is 35.3 Å². The summed E-state index contributed by atoms with van der Waals surface area (Å²) in [5.74, 6) is -1.46. The normalized spacial score (nSPS) is 10.8. The maximum Gasteiger partial charge on any atom is 0.269 e. The number of carbonyl (C=O) groups is 3. The molecule has 0 aliphatic carbocycles. The Morgan fingerprint density at radius 2 is 1.09 bits per heavy atom. The molecule has 0 aliphatic heterocycles. The Morgan fingerprint density at radius 1 is 0.676 bits per heavy atom. The molecule has 0 unspecified atom stereocenters. The highest BCUT2D eigenvalue weighted by atomic mass is 16.6. The first kappa shape index (κ1) is 24.1. The van der Waals surface area contributed by atoms with Gasteiger partial charge in [-0.25, -0.2) is 0 Å². The van der Waals surface area contributed by atoms with Crippen LogP contribution in [-0.2, 0) is 5.41 Å². The van der Waals surface area contributed by atoms with E-state index in [9.17, 15) is 24.5 Å². The quantitative estimate of drug-likeness (QED) is 0.388. The van der Waals surface area contributed by atoms with Crippen molar-refractivity contribution in [1.29, 1.82) is 0 Å². The number of rotatable bonds is 5. The summed E-state index contributed by atoms with van der Waals surface area (Å²) in [6.45, 7) is 6.29. The van der Waals surface area contributed by atoms with Crippen LogP contribution in [0.3, 0.4) is 0 Å². The molecule has 34 heavy (non-hydrogen) atoms. The molecule has 9 heteroatoms. The van der Waals surface area contributed by atoms with Gasteiger partial charge in [0.2, 0.25) is 0 Å². The summed E-state index contributed by atoms with van der Waals surface area (Å²) < 4.78 is 0. The maximum atomic E-state index is 12.5. The van der Waals surface area contributed by atoms with Gasteiger partial charge < -0.3 is 5.32 Å². The summed E-state index contributed by atoms with van der Waals surface area (Å²) in [5.41, 5.74) is 6.94. The third-order valence-corrected chi connectivity index (χ3v) is 5.05. The molecule has 0 radical (unpaired) electrons. The molecule has 0 saturated heterocycles. The Bertz CT molecular complexity index is 1210. The third-order valence-electron chi connectivity index (χ3n) is 5.05. The van der Waals surface area contributed by atoms with Crippen LogP contribution in [-0.4, -0.2) is 22.6 Å². The van der Waals surface area contributed by atoms with Crippen LogP contribution in [0, 0.1) is 10.1 Å². The molecule has 0 heterocycles. The van der Waals surface area contributed by atoms with Crippen molar-refractivity contribution in [3.63, 3.8) is 0 Å². The van der Waals surface area contributed by atoms with Gasteiger partial charge in [0.1, 0.15) is 0 Å². The number of amides is 3. The molecule has 3 rings (SSSR count). The topological polar surface area (TPSA) is 130 Å². The van der Waals surface area contributed by atoms with Gasteiger partial charge in [-0.05, 0) is 59.5 Å². The van der Waals surface area contributed by atoms with Crippen LogP contribution in [0.25, 0.3) is 0 Å². The molecular weight excluding hydrogens is 436 g/mol. The third kappa shape index (κ3) is 6.04. The molecule has 0 aromatic heterocycles. The first-order valence-electron chi connectivity index (χ1n) is 10.4. The molecule has 0 fully saturated rings. The summed E-state index contributed by atoms with van der Waals surface area (Å²) in [7, 11) is 0. The fourth-order valence-electron chi connectivity index (χ4n) is 3.02. The van der Waals surface area contributed by atoms with Gasteiger partial charge in [-0.15, -0.1) is 0 Å². The molecule has 0 saturated carbocycles. The predicted octanol–water partition coefficient (Wildman–Crippen LogP) is 4.22. The zero-order valence-corrected chi connectivity index (χ0v) is 18.9. The number of nitro groups is 1. The van der Waals surface area contributed by atoms with E-state index < -0.39 is 16.7 Å². The molecule has 0 spiro atoms. The number of nitro benzene ring substituents is 1. The summed E-state index contributed by atoms with van der Waals surface area (Å²) in [5, 5.41) is 13.5. The molecule has 3 N–H and O–H groups in total. The van der Waals surface area contributed by atoms with Crippen molar-refractivity contribution in [2.24, 2.45) is 0 Å². The molecule has 3 aromatic carbocycles. The standard InChI is InChI=1S/C25H24N4O5/c1-25(2,3)19-10-4-16(5-11-19)22(30)26-20-12-6-17(7-13-20)23(31)27-28-24(32)18-8-14-21(15-9-18)29(33)34/h4-15H,1-3H3,(H,26,30)(H,27,31)(H,28,32). The van der Waals surface area contributed by atoms with E-state index in [0.29, 0.717) is 11.3 Å². The Hall–Kier alpha value is -4.53. The van der Waals surface area contributed by atoms with Crippen LogP contribution in [0.1, 0.15) is 57.4 Å². The average Bonchev–Trinajstić information content (AvgIpc) is 2.82. The van der Waals surface area contributed by atoms with E-state index >= 15 is 0 Å². The SMILES string of the molecule is CC(C)(C)c1ccc(C(=O)Nc2ccc(C(=O)NNC(=O)c3ccc([N+](=O)[O-])cc3)cc2)cc1.